The van der Waals surface area contributed by atoms with Gasteiger partial charge in [0.05, 0.1) is 13.1 Å². The summed E-state index contributed by atoms with van der Waals surface area (Å²) in [5.74, 6) is -0.196. The minimum absolute atomic E-state index is 0.0900. The largest absolute Gasteiger partial charge is 0.376 e. The molecule has 0 heterocycles. The highest BCUT2D eigenvalue weighted by atomic mass is 16.2. The van der Waals surface area contributed by atoms with E-state index in [0.29, 0.717) is 6.04 Å². The second-order valence-electron chi connectivity index (χ2n) is 6.76. The van der Waals surface area contributed by atoms with Crippen molar-refractivity contribution in [3.63, 3.8) is 0 Å². The molecule has 2 aromatic carbocycles. The highest BCUT2D eigenvalue weighted by Crippen LogP contribution is 2.19. The Kier molecular flexibility index (Phi) is 5.89. The summed E-state index contributed by atoms with van der Waals surface area (Å²) in [4.78, 5) is 25.6. The van der Waals surface area contributed by atoms with Gasteiger partial charge < -0.3 is 15.5 Å². The molecule has 2 amide bonds. The smallest absolute Gasteiger partial charge is 0.242 e. The van der Waals surface area contributed by atoms with Crippen LogP contribution in [0.1, 0.15) is 24.0 Å². The third-order valence-electron chi connectivity index (χ3n) is 4.43. The quantitative estimate of drug-likeness (QED) is 0.768. The van der Waals surface area contributed by atoms with Crippen molar-refractivity contribution in [2.24, 2.45) is 0 Å². The lowest BCUT2D eigenvalue weighted by Gasteiger charge is -2.18. The average molecular weight is 351 g/mol. The Balaban J connectivity index is 1.53. The number of nitrogens with one attached hydrogen (secondary N) is 2. The second kappa shape index (κ2) is 8.52. The Morgan fingerprint density at radius 3 is 2.46 bits per heavy atom. The summed E-state index contributed by atoms with van der Waals surface area (Å²) in [5, 5.41) is 6.11. The van der Waals surface area contributed by atoms with Gasteiger partial charge in [0.25, 0.3) is 0 Å². The summed E-state index contributed by atoms with van der Waals surface area (Å²) in [5.41, 5.74) is 3.31. The van der Waals surface area contributed by atoms with Gasteiger partial charge >= 0.3 is 0 Å². The van der Waals surface area contributed by atoms with E-state index in [1.54, 1.807) is 7.05 Å². The van der Waals surface area contributed by atoms with Crippen LogP contribution in [0, 0.1) is 0 Å². The standard InChI is InChI=1S/C21H25N3O2/c1-24(15-20(25)23-18-11-12-18)21(26)14-22-19-10-6-5-9-17(19)13-16-7-3-2-4-8-16/h2-10,18,22H,11-15H2,1H3,(H,23,25). The molecule has 0 radical (unpaired) electrons. The van der Waals surface area contributed by atoms with Crippen LogP contribution in [0.25, 0.3) is 0 Å². The molecule has 1 aliphatic carbocycles. The van der Waals surface area contributed by atoms with Crippen molar-refractivity contribution in [1.29, 1.82) is 0 Å². The first kappa shape index (κ1) is 18.0. The number of carbonyl (C=O) groups excluding carboxylic acids is 2. The zero-order valence-electron chi connectivity index (χ0n) is 15.1. The number of hydrogen-bond acceptors (Lipinski definition) is 3. The molecule has 0 spiro atoms. The summed E-state index contributed by atoms with van der Waals surface area (Å²) in [6, 6.07) is 18.5. The number of rotatable bonds is 8. The molecule has 3 rings (SSSR count). The molecule has 0 atom stereocenters. The van der Waals surface area contributed by atoms with Gasteiger partial charge in [-0.15, -0.1) is 0 Å². The normalized spacial score (nSPS) is 13.1. The van der Waals surface area contributed by atoms with Gasteiger partial charge in [0, 0.05) is 18.8 Å². The lowest BCUT2D eigenvalue weighted by molar-refractivity contribution is -0.133. The lowest BCUT2D eigenvalue weighted by Crippen LogP contribution is -2.41. The van der Waals surface area contributed by atoms with Crippen molar-refractivity contribution >= 4 is 17.5 Å². The van der Waals surface area contributed by atoms with Crippen molar-refractivity contribution in [3.8, 4) is 0 Å². The fourth-order valence-corrected chi connectivity index (χ4v) is 2.77. The Labute approximate surface area is 154 Å². The van der Waals surface area contributed by atoms with Crippen LogP contribution in [0.15, 0.2) is 54.6 Å². The van der Waals surface area contributed by atoms with E-state index >= 15 is 0 Å². The highest BCUT2D eigenvalue weighted by Gasteiger charge is 2.24. The first-order valence-electron chi connectivity index (χ1n) is 9.01. The maximum Gasteiger partial charge on any atom is 0.242 e. The maximum absolute atomic E-state index is 12.3. The molecule has 2 N–H and O–H groups in total. The van der Waals surface area contributed by atoms with Crippen molar-refractivity contribution < 1.29 is 9.59 Å². The number of carbonyl (C=O) groups is 2. The second-order valence-corrected chi connectivity index (χ2v) is 6.76. The van der Waals surface area contributed by atoms with Crippen LogP contribution in [-0.4, -0.2) is 42.9 Å². The fourth-order valence-electron chi connectivity index (χ4n) is 2.77. The SMILES string of the molecule is CN(CC(=O)NC1CC1)C(=O)CNc1ccccc1Cc1ccccc1. The molecule has 1 aliphatic rings. The van der Waals surface area contributed by atoms with Gasteiger partial charge in [0.1, 0.15) is 0 Å². The zero-order valence-corrected chi connectivity index (χ0v) is 15.1. The lowest BCUT2D eigenvalue weighted by atomic mass is 10.0. The first-order chi connectivity index (χ1) is 12.6. The number of amides is 2. The summed E-state index contributed by atoms with van der Waals surface area (Å²) in [6.07, 6.45) is 2.89. The summed E-state index contributed by atoms with van der Waals surface area (Å²) >= 11 is 0. The molecule has 1 saturated carbocycles. The maximum atomic E-state index is 12.3. The third-order valence-corrected chi connectivity index (χ3v) is 4.43. The van der Waals surface area contributed by atoms with E-state index in [4.69, 9.17) is 0 Å². The topological polar surface area (TPSA) is 61.4 Å². The van der Waals surface area contributed by atoms with Gasteiger partial charge in [-0.2, -0.15) is 0 Å². The van der Waals surface area contributed by atoms with Crippen molar-refractivity contribution in [2.75, 3.05) is 25.5 Å². The molecular weight excluding hydrogens is 326 g/mol. The average Bonchev–Trinajstić information content (AvgIpc) is 3.45. The van der Waals surface area contributed by atoms with Gasteiger partial charge in [-0.05, 0) is 36.5 Å². The van der Waals surface area contributed by atoms with Crippen molar-refractivity contribution in [3.05, 3.63) is 65.7 Å². The van der Waals surface area contributed by atoms with E-state index in [0.717, 1.165) is 30.5 Å². The van der Waals surface area contributed by atoms with Crippen molar-refractivity contribution in [1.82, 2.24) is 10.2 Å². The van der Waals surface area contributed by atoms with Gasteiger partial charge in [-0.25, -0.2) is 0 Å². The molecule has 0 saturated heterocycles. The molecular formula is C21H25N3O2. The fraction of sp³-hybridized carbons (Fsp3) is 0.333. The molecule has 0 bridgehead atoms. The summed E-state index contributed by atoms with van der Waals surface area (Å²) < 4.78 is 0. The predicted molar refractivity (Wildman–Crippen MR) is 103 cm³/mol. The molecule has 136 valence electrons. The minimum Gasteiger partial charge on any atom is -0.376 e. The van der Waals surface area contributed by atoms with E-state index < -0.39 is 0 Å². The Bertz CT molecular complexity index is 757. The molecule has 2 aromatic rings. The Morgan fingerprint density at radius 2 is 1.73 bits per heavy atom. The first-order valence-corrected chi connectivity index (χ1v) is 9.01. The number of hydrogen-bond donors (Lipinski definition) is 2. The van der Waals surface area contributed by atoms with Crippen LogP contribution in [0.4, 0.5) is 5.69 Å². The Hall–Kier alpha value is -2.82. The van der Waals surface area contributed by atoms with E-state index in [-0.39, 0.29) is 24.9 Å². The van der Waals surface area contributed by atoms with Gasteiger partial charge in [-0.1, -0.05) is 48.5 Å². The van der Waals surface area contributed by atoms with Crippen LogP contribution in [0.2, 0.25) is 0 Å². The molecule has 0 unspecified atom stereocenters. The van der Waals surface area contributed by atoms with Gasteiger partial charge in [-0.3, -0.25) is 9.59 Å². The third kappa shape index (κ3) is 5.34. The molecule has 5 heteroatoms. The molecule has 5 nitrogen and oxygen atoms in total. The van der Waals surface area contributed by atoms with Gasteiger partial charge in [0.15, 0.2) is 0 Å². The van der Waals surface area contributed by atoms with Crippen LogP contribution >= 0.6 is 0 Å². The molecule has 0 aliphatic heterocycles. The van der Waals surface area contributed by atoms with Crippen LogP contribution < -0.4 is 10.6 Å². The van der Waals surface area contributed by atoms with Crippen molar-refractivity contribution in [2.45, 2.75) is 25.3 Å². The molecule has 1 fully saturated rings. The summed E-state index contributed by atoms with van der Waals surface area (Å²) in [6.45, 7) is 0.266. The number of nitrogens with zero attached hydrogens (tertiary/aromatic N) is 1. The minimum atomic E-state index is -0.106. The van der Waals surface area contributed by atoms with Gasteiger partial charge in [0.2, 0.25) is 11.8 Å². The zero-order chi connectivity index (χ0) is 18.4. The van der Waals surface area contributed by atoms with E-state index in [1.807, 2.05) is 36.4 Å². The number of anilines is 1. The number of para-hydroxylation sites is 1. The van der Waals surface area contributed by atoms with E-state index in [2.05, 4.69) is 28.8 Å². The molecule has 0 aromatic heterocycles. The summed E-state index contributed by atoms with van der Waals surface area (Å²) in [7, 11) is 1.66. The van der Waals surface area contributed by atoms with E-state index in [9.17, 15) is 9.59 Å². The number of likely N-dealkylation sites (N-methyl/N-ethyl adjacent to an activating group) is 1. The van der Waals surface area contributed by atoms with Crippen LogP contribution in [-0.2, 0) is 16.0 Å². The van der Waals surface area contributed by atoms with Crippen LogP contribution in [0.3, 0.4) is 0 Å². The predicted octanol–water partition coefficient (Wildman–Crippen LogP) is 2.43. The van der Waals surface area contributed by atoms with E-state index in [1.165, 1.54) is 10.5 Å². The monoisotopic (exact) mass is 351 g/mol. The number of benzene rings is 2. The van der Waals surface area contributed by atoms with Crippen LogP contribution in [0.5, 0.6) is 0 Å². The molecule has 26 heavy (non-hydrogen) atoms. The highest BCUT2D eigenvalue weighted by molar-refractivity contribution is 5.87. The Morgan fingerprint density at radius 1 is 1.04 bits per heavy atom.